The first kappa shape index (κ1) is 24.8. The number of esters is 1. The second-order valence-corrected chi connectivity index (χ2v) is 9.84. The van der Waals surface area contributed by atoms with Gasteiger partial charge in [0.2, 0.25) is 5.91 Å². The van der Waals surface area contributed by atoms with Gasteiger partial charge in [-0.3, -0.25) is 4.79 Å². The number of amides is 1. The summed E-state index contributed by atoms with van der Waals surface area (Å²) in [4.78, 5) is 33.2. The smallest absolute Gasteiger partial charge is 0.338 e. The highest BCUT2D eigenvalue weighted by molar-refractivity contribution is 8.16. The predicted octanol–water partition coefficient (Wildman–Crippen LogP) is 5.49. The van der Waals surface area contributed by atoms with Gasteiger partial charge in [0.25, 0.3) is 0 Å². The fourth-order valence-corrected chi connectivity index (χ4v) is 5.29. The van der Waals surface area contributed by atoms with Gasteiger partial charge >= 0.3 is 5.97 Å². The Labute approximate surface area is 211 Å². The molecule has 1 amide bonds. The topological polar surface area (TPSA) is 71.0 Å². The van der Waals surface area contributed by atoms with E-state index in [1.807, 2.05) is 68.3 Å². The van der Waals surface area contributed by atoms with Gasteiger partial charge in [-0.1, -0.05) is 65.9 Å². The number of ether oxygens (including phenoxy) is 1. The number of benzene rings is 2. The van der Waals surface area contributed by atoms with Crippen LogP contribution < -0.4 is 5.32 Å². The molecule has 2 aliphatic rings. The van der Waals surface area contributed by atoms with Crippen LogP contribution in [0, 0.1) is 13.8 Å². The minimum Gasteiger partial charge on any atom is -0.463 e. The van der Waals surface area contributed by atoms with Gasteiger partial charge in [-0.25, -0.2) is 9.79 Å². The maximum atomic E-state index is 13.5. The molecule has 35 heavy (non-hydrogen) atoms. The zero-order valence-corrected chi connectivity index (χ0v) is 21.6. The predicted molar refractivity (Wildman–Crippen MR) is 141 cm³/mol. The average molecular weight is 490 g/mol. The van der Waals surface area contributed by atoms with Gasteiger partial charge in [-0.2, -0.15) is 0 Å². The van der Waals surface area contributed by atoms with Crippen LogP contribution in [0.25, 0.3) is 5.70 Å². The zero-order valence-electron chi connectivity index (χ0n) is 20.8. The van der Waals surface area contributed by atoms with E-state index in [4.69, 9.17) is 9.73 Å². The number of hydrogen-bond donors (Lipinski definition) is 1. The van der Waals surface area contributed by atoms with Crippen molar-refractivity contribution in [2.75, 3.05) is 6.61 Å². The molecule has 0 fully saturated rings. The van der Waals surface area contributed by atoms with Crippen molar-refractivity contribution >= 4 is 34.5 Å². The Morgan fingerprint density at radius 1 is 1.14 bits per heavy atom. The highest BCUT2D eigenvalue weighted by Crippen LogP contribution is 2.47. The maximum absolute atomic E-state index is 13.5. The normalized spacial score (nSPS) is 17.2. The van der Waals surface area contributed by atoms with Crippen LogP contribution >= 0.6 is 11.8 Å². The van der Waals surface area contributed by atoms with Crippen LogP contribution in [0.1, 0.15) is 55.5 Å². The van der Waals surface area contributed by atoms with Gasteiger partial charge in [-0.15, -0.1) is 0 Å². The zero-order chi connectivity index (χ0) is 25.1. The van der Waals surface area contributed by atoms with E-state index in [-0.39, 0.29) is 25.0 Å². The molecule has 0 saturated heterocycles. The van der Waals surface area contributed by atoms with Crippen LogP contribution in [0.4, 0.5) is 0 Å². The Hall–Kier alpha value is -3.32. The standard InChI is InChI=1S/C28H31N3O3S/c1-6-34-27(33)24-25(20-10-8-7-9-11-20)30-28-31(21(16-35-28)15-23(32)29-17(2)3)26(24)22-14-18(4)12-13-19(22)5/h7-14,16-17,26H,6,15H2,1-5H3,(H,29,32)/t26-/m1/s1. The monoisotopic (exact) mass is 489 g/mol. The molecule has 0 saturated carbocycles. The van der Waals surface area contributed by atoms with Crippen molar-refractivity contribution < 1.29 is 14.3 Å². The fourth-order valence-electron chi connectivity index (χ4n) is 4.37. The lowest BCUT2D eigenvalue weighted by Gasteiger charge is -2.37. The second-order valence-electron chi connectivity index (χ2n) is 9.00. The quantitative estimate of drug-likeness (QED) is 0.521. The number of amidine groups is 1. The van der Waals surface area contributed by atoms with Crippen LogP contribution in [0.15, 0.2) is 70.2 Å². The molecule has 7 heteroatoms. The number of rotatable bonds is 7. The van der Waals surface area contributed by atoms with Crippen LogP contribution in [-0.4, -0.2) is 34.6 Å². The van der Waals surface area contributed by atoms with Crippen LogP contribution in [-0.2, 0) is 14.3 Å². The molecular formula is C28H31N3O3S. The summed E-state index contributed by atoms with van der Waals surface area (Å²) in [6, 6.07) is 15.5. The number of hydrogen-bond acceptors (Lipinski definition) is 6. The van der Waals surface area contributed by atoms with Crippen molar-refractivity contribution in [3.05, 3.63) is 87.5 Å². The van der Waals surface area contributed by atoms with Gasteiger partial charge in [0.1, 0.15) is 0 Å². The average Bonchev–Trinajstić information content (AvgIpc) is 3.22. The molecule has 0 bridgehead atoms. The van der Waals surface area contributed by atoms with Crippen molar-refractivity contribution in [2.45, 2.75) is 53.1 Å². The van der Waals surface area contributed by atoms with Gasteiger partial charge in [0, 0.05) is 17.3 Å². The van der Waals surface area contributed by atoms with Gasteiger partial charge in [0.15, 0.2) is 5.17 Å². The third kappa shape index (κ3) is 5.20. The third-order valence-corrected chi connectivity index (χ3v) is 6.76. The van der Waals surface area contributed by atoms with Gasteiger partial charge < -0.3 is 15.0 Å². The van der Waals surface area contributed by atoms with E-state index in [2.05, 4.69) is 23.5 Å². The second kappa shape index (κ2) is 10.5. The Kier molecular flexibility index (Phi) is 7.45. The first-order valence-corrected chi connectivity index (χ1v) is 12.7. The molecule has 0 aliphatic carbocycles. The molecule has 1 atom stereocenters. The molecular weight excluding hydrogens is 458 g/mol. The van der Waals surface area contributed by atoms with E-state index in [0.717, 1.165) is 33.1 Å². The van der Waals surface area contributed by atoms with Gasteiger partial charge in [-0.05, 0) is 51.2 Å². The summed E-state index contributed by atoms with van der Waals surface area (Å²) >= 11 is 1.48. The molecule has 1 N–H and O–H groups in total. The van der Waals surface area contributed by atoms with Gasteiger partial charge in [0.05, 0.1) is 30.3 Å². The summed E-state index contributed by atoms with van der Waals surface area (Å²) in [5.74, 6) is -0.466. The van der Waals surface area contributed by atoms with Crippen molar-refractivity contribution in [1.82, 2.24) is 10.2 Å². The largest absolute Gasteiger partial charge is 0.463 e. The number of thioether (sulfide) groups is 1. The number of carbonyl (C=O) groups excluding carboxylic acids is 2. The van der Waals surface area contributed by atoms with Crippen molar-refractivity contribution in [3.8, 4) is 0 Å². The first-order valence-electron chi connectivity index (χ1n) is 11.9. The van der Waals surface area contributed by atoms with Crippen LogP contribution in [0.2, 0.25) is 0 Å². The van der Waals surface area contributed by atoms with Crippen LogP contribution in [0.3, 0.4) is 0 Å². The maximum Gasteiger partial charge on any atom is 0.338 e. The van der Waals surface area contributed by atoms with E-state index < -0.39 is 12.0 Å². The summed E-state index contributed by atoms with van der Waals surface area (Å²) in [5, 5.41) is 5.68. The highest BCUT2D eigenvalue weighted by atomic mass is 32.2. The number of aryl methyl sites for hydroxylation is 2. The Balaban J connectivity index is 1.91. The molecule has 0 unspecified atom stereocenters. The number of aliphatic imine (C=N–C) groups is 1. The van der Waals surface area contributed by atoms with E-state index in [1.54, 1.807) is 6.92 Å². The molecule has 2 aromatic carbocycles. The molecule has 2 aliphatic heterocycles. The lowest BCUT2D eigenvalue weighted by Crippen LogP contribution is -2.39. The number of nitrogens with zero attached hydrogens (tertiary/aromatic N) is 2. The molecule has 182 valence electrons. The summed E-state index contributed by atoms with van der Waals surface area (Å²) in [5.41, 5.74) is 5.89. The lowest BCUT2D eigenvalue weighted by atomic mass is 9.88. The van der Waals surface area contributed by atoms with Crippen LogP contribution in [0.5, 0.6) is 0 Å². The molecule has 6 nitrogen and oxygen atoms in total. The number of carbonyl (C=O) groups is 2. The summed E-state index contributed by atoms with van der Waals surface area (Å²) in [6.07, 6.45) is 0.197. The van der Waals surface area contributed by atoms with Crippen molar-refractivity contribution in [1.29, 1.82) is 0 Å². The highest BCUT2D eigenvalue weighted by Gasteiger charge is 2.42. The molecule has 4 rings (SSSR count). The van der Waals surface area contributed by atoms with E-state index in [1.165, 1.54) is 11.8 Å². The van der Waals surface area contributed by atoms with E-state index in [9.17, 15) is 9.59 Å². The first-order chi connectivity index (χ1) is 16.8. The molecule has 0 aromatic heterocycles. The number of nitrogens with one attached hydrogen (secondary N) is 1. The van der Waals surface area contributed by atoms with Crippen molar-refractivity contribution in [3.63, 3.8) is 0 Å². The third-order valence-electron chi connectivity index (χ3n) is 5.87. The molecule has 0 spiro atoms. The molecule has 0 radical (unpaired) electrons. The minimum atomic E-state index is -0.468. The molecule has 2 heterocycles. The fraction of sp³-hybridized carbons (Fsp3) is 0.321. The Morgan fingerprint density at radius 3 is 2.57 bits per heavy atom. The Bertz CT molecular complexity index is 1230. The van der Waals surface area contributed by atoms with E-state index >= 15 is 0 Å². The summed E-state index contributed by atoms with van der Waals surface area (Å²) in [6.45, 7) is 10.0. The Morgan fingerprint density at radius 2 is 1.89 bits per heavy atom. The minimum absolute atomic E-state index is 0.0427. The summed E-state index contributed by atoms with van der Waals surface area (Å²) < 4.78 is 5.57. The summed E-state index contributed by atoms with van der Waals surface area (Å²) in [7, 11) is 0. The SMILES string of the molecule is CCOC(=O)C1=C(c2ccccc2)N=C2SC=C(CC(=O)NC(C)C)N2[C@@H]1c1cc(C)ccc1C. The molecule has 2 aromatic rings. The number of fused-ring (bicyclic) bond motifs is 1. The van der Waals surface area contributed by atoms with Crippen molar-refractivity contribution in [2.24, 2.45) is 4.99 Å². The van der Waals surface area contributed by atoms with E-state index in [0.29, 0.717) is 11.3 Å². The lowest BCUT2D eigenvalue weighted by molar-refractivity contribution is -0.139.